The zero-order chi connectivity index (χ0) is 25.4. The van der Waals surface area contributed by atoms with Crippen LogP contribution in [0.1, 0.15) is 31.6 Å². The normalized spacial score (nSPS) is 33.4. The quantitative estimate of drug-likeness (QED) is 0.297. The zero-order valence-electron chi connectivity index (χ0n) is 17.8. The van der Waals surface area contributed by atoms with Gasteiger partial charge in [0.25, 0.3) is 21.2 Å². The Morgan fingerprint density at radius 2 is 1.85 bits per heavy atom. The van der Waals surface area contributed by atoms with Crippen molar-refractivity contribution in [1.29, 1.82) is 0 Å². The first-order valence-corrected chi connectivity index (χ1v) is 12.8. The van der Waals surface area contributed by atoms with E-state index in [-0.39, 0.29) is 12.0 Å². The minimum absolute atomic E-state index is 0.162. The molecule has 0 radical (unpaired) electrons. The lowest BCUT2D eigenvalue weighted by atomic mass is 10.1. The standard InChI is InChI=1S/C16H24N2O14P2/c1-7-5-18(16(23)17-15(7)22)12-3-9(19)11(30-12)6-28-33(24,25)32-34(26,27)31-13-4-10(20)14(21)8(2)29-13/h5,8-13,19-20H,3-4,6H2,1-2H3,(H,24,25)(H,26,27)(H,17,22,23)/p-2/t8-,9-,10+,11+,12+,13+/m0/s1. The number of carbonyl (C=O) groups excluding carboxylic acids is 1. The summed E-state index contributed by atoms with van der Waals surface area (Å²) in [5, 5.41) is 19.7. The molecule has 2 aliphatic heterocycles. The van der Waals surface area contributed by atoms with Crippen molar-refractivity contribution in [3.8, 4) is 0 Å². The molecule has 0 spiro atoms. The number of Topliss-reactive ketones (excluding diaryl/α,β-unsaturated/α-hetero) is 1. The third-order valence-corrected chi connectivity index (χ3v) is 7.56. The molecule has 0 amide bonds. The molecule has 34 heavy (non-hydrogen) atoms. The number of aliphatic hydroxyl groups is 2. The molecule has 0 saturated carbocycles. The summed E-state index contributed by atoms with van der Waals surface area (Å²) in [4.78, 5) is 60.9. The van der Waals surface area contributed by atoms with Gasteiger partial charge in [-0.3, -0.25) is 32.8 Å². The Kier molecular flexibility index (Phi) is 8.12. The van der Waals surface area contributed by atoms with Crippen LogP contribution < -0.4 is 21.0 Å². The molecule has 2 aliphatic rings. The van der Waals surface area contributed by atoms with Crippen molar-refractivity contribution in [3.63, 3.8) is 0 Å². The van der Waals surface area contributed by atoms with Gasteiger partial charge in [0, 0.05) is 24.6 Å². The van der Waals surface area contributed by atoms with E-state index >= 15 is 0 Å². The molecule has 192 valence electrons. The molecular weight excluding hydrogens is 506 g/mol. The first-order chi connectivity index (χ1) is 15.7. The summed E-state index contributed by atoms with van der Waals surface area (Å²) in [6.07, 6.45) is -7.65. The number of aromatic amines is 1. The van der Waals surface area contributed by atoms with Crippen LogP contribution in [0.15, 0.2) is 15.8 Å². The van der Waals surface area contributed by atoms with Crippen LogP contribution in [0.2, 0.25) is 0 Å². The van der Waals surface area contributed by atoms with Crippen molar-refractivity contribution in [2.45, 2.75) is 63.6 Å². The van der Waals surface area contributed by atoms with Gasteiger partial charge in [0.15, 0.2) is 12.1 Å². The topological polar surface area (TPSA) is 239 Å². The summed E-state index contributed by atoms with van der Waals surface area (Å²) < 4.78 is 48.1. The van der Waals surface area contributed by atoms with Crippen LogP contribution in [0.4, 0.5) is 0 Å². The number of rotatable bonds is 8. The number of aromatic nitrogens is 2. The summed E-state index contributed by atoms with van der Waals surface area (Å²) in [5.41, 5.74) is -1.24. The van der Waals surface area contributed by atoms with Gasteiger partial charge in [-0.25, -0.2) is 9.11 Å². The predicted molar refractivity (Wildman–Crippen MR) is 104 cm³/mol. The van der Waals surface area contributed by atoms with Crippen molar-refractivity contribution in [2.24, 2.45) is 0 Å². The highest BCUT2D eigenvalue weighted by Crippen LogP contribution is 2.56. The lowest BCUT2D eigenvalue weighted by Crippen LogP contribution is -2.44. The largest absolute Gasteiger partial charge is 0.756 e. The number of carbonyl (C=O) groups is 1. The van der Waals surface area contributed by atoms with Crippen LogP contribution in [0.5, 0.6) is 0 Å². The maximum Gasteiger partial charge on any atom is 0.330 e. The number of hydrogen-bond acceptors (Lipinski definition) is 14. The van der Waals surface area contributed by atoms with Gasteiger partial charge in [-0.2, -0.15) is 0 Å². The van der Waals surface area contributed by atoms with Gasteiger partial charge in [0.05, 0.1) is 12.7 Å². The van der Waals surface area contributed by atoms with Gasteiger partial charge in [0.2, 0.25) is 0 Å². The lowest BCUT2D eigenvalue weighted by Gasteiger charge is -2.36. The van der Waals surface area contributed by atoms with E-state index in [4.69, 9.17) is 9.47 Å². The minimum atomic E-state index is -5.59. The summed E-state index contributed by atoms with van der Waals surface area (Å²) in [6, 6.07) is 0. The smallest absolute Gasteiger partial charge is 0.330 e. The number of nitrogens with zero attached hydrogens (tertiary/aromatic N) is 1. The number of aliphatic hydroxyl groups excluding tert-OH is 2. The summed E-state index contributed by atoms with van der Waals surface area (Å²) >= 11 is 0. The van der Waals surface area contributed by atoms with E-state index in [1.54, 1.807) is 0 Å². The van der Waals surface area contributed by atoms with E-state index in [1.807, 2.05) is 0 Å². The Morgan fingerprint density at radius 3 is 2.50 bits per heavy atom. The van der Waals surface area contributed by atoms with Crippen LogP contribution >= 0.6 is 15.6 Å². The zero-order valence-corrected chi connectivity index (χ0v) is 19.6. The Balaban J connectivity index is 1.57. The number of H-pyrrole nitrogens is 1. The monoisotopic (exact) mass is 528 g/mol. The summed E-state index contributed by atoms with van der Waals surface area (Å²) in [5.74, 6) is -0.702. The number of phosphoric ester groups is 2. The SMILES string of the molecule is Cc1cn([C@H]2C[C@H](O)[C@@H](COP(=O)([O-])OP(=O)([O-])O[C@@H]3C[C@@H](O)C(=O)[C@H](C)O3)O2)c(=O)[nH]c1=O. The third-order valence-electron chi connectivity index (χ3n) is 5.00. The lowest BCUT2D eigenvalue weighted by molar-refractivity contribution is -0.262. The first-order valence-electron chi connectivity index (χ1n) is 9.86. The van der Waals surface area contributed by atoms with Crippen molar-refractivity contribution in [3.05, 3.63) is 32.6 Å². The number of nitrogens with one attached hydrogen (secondary N) is 1. The average molecular weight is 528 g/mol. The average Bonchev–Trinajstić information content (AvgIpc) is 3.06. The molecule has 2 saturated heterocycles. The number of phosphoric acid groups is 2. The number of aryl methyl sites for hydroxylation is 1. The van der Waals surface area contributed by atoms with Crippen LogP contribution in [-0.4, -0.2) is 62.9 Å². The first kappa shape index (κ1) is 27.0. The van der Waals surface area contributed by atoms with Crippen LogP contribution in [0.3, 0.4) is 0 Å². The molecule has 8 atom stereocenters. The van der Waals surface area contributed by atoms with E-state index in [0.29, 0.717) is 0 Å². The van der Waals surface area contributed by atoms with Gasteiger partial charge in [-0.05, 0) is 13.8 Å². The second-order valence-corrected chi connectivity index (χ2v) is 10.6. The molecular formula is C16H22N2O14P2-2. The van der Waals surface area contributed by atoms with Gasteiger partial charge in [-0.1, -0.05) is 0 Å². The molecule has 3 rings (SSSR count). The van der Waals surface area contributed by atoms with E-state index in [1.165, 1.54) is 20.0 Å². The van der Waals surface area contributed by atoms with Crippen molar-refractivity contribution < 1.29 is 56.8 Å². The molecule has 2 fully saturated rings. The molecule has 0 aliphatic carbocycles. The van der Waals surface area contributed by atoms with E-state index < -0.39 is 82.6 Å². The molecule has 1 aromatic heterocycles. The Hall–Kier alpha value is -1.55. The second kappa shape index (κ2) is 10.2. The van der Waals surface area contributed by atoms with Crippen LogP contribution in [0.25, 0.3) is 0 Å². The number of hydrogen-bond donors (Lipinski definition) is 3. The fourth-order valence-electron chi connectivity index (χ4n) is 3.30. The highest BCUT2D eigenvalue weighted by atomic mass is 31.3. The summed E-state index contributed by atoms with van der Waals surface area (Å²) in [7, 11) is -11.2. The van der Waals surface area contributed by atoms with E-state index in [0.717, 1.165) is 4.57 Å². The molecule has 2 unspecified atom stereocenters. The molecule has 16 nitrogen and oxygen atoms in total. The van der Waals surface area contributed by atoms with E-state index in [9.17, 15) is 43.5 Å². The molecule has 0 aromatic carbocycles. The van der Waals surface area contributed by atoms with Crippen molar-refractivity contribution in [2.75, 3.05) is 6.61 Å². The van der Waals surface area contributed by atoms with Crippen LogP contribution in [-0.2, 0) is 36.8 Å². The van der Waals surface area contributed by atoms with Crippen molar-refractivity contribution in [1.82, 2.24) is 9.55 Å². The fraction of sp³-hybridized carbons (Fsp3) is 0.688. The molecule has 3 N–H and O–H groups in total. The fourth-order valence-corrected chi connectivity index (χ4v) is 5.37. The second-order valence-electron chi connectivity index (χ2n) is 7.65. The highest BCUT2D eigenvalue weighted by molar-refractivity contribution is 7.59. The van der Waals surface area contributed by atoms with Crippen molar-refractivity contribution >= 4 is 21.4 Å². The number of ketones is 1. The maximum absolute atomic E-state index is 12.0. The molecule has 3 heterocycles. The third kappa shape index (κ3) is 6.56. The Bertz CT molecular complexity index is 1120. The van der Waals surface area contributed by atoms with Crippen LogP contribution in [0, 0.1) is 6.92 Å². The van der Waals surface area contributed by atoms with Gasteiger partial charge in [0.1, 0.15) is 24.5 Å². The summed E-state index contributed by atoms with van der Waals surface area (Å²) in [6.45, 7) is 1.80. The van der Waals surface area contributed by atoms with Gasteiger partial charge < -0.3 is 34.0 Å². The maximum atomic E-state index is 12.0. The molecule has 0 bridgehead atoms. The minimum Gasteiger partial charge on any atom is -0.756 e. The highest BCUT2D eigenvalue weighted by Gasteiger charge is 2.38. The Morgan fingerprint density at radius 1 is 1.18 bits per heavy atom. The molecule has 1 aromatic rings. The van der Waals surface area contributed by atoms with Gasteiger partial charge >= 0.3 is 5.69 Å². The number of ether oxygens (including phenoxy) is 2. The predicted octanol–water partition coefficient (Wildman–Crippen LogP) is -2.46. The van der Waals surface area contributed by atoms with E-state index in [2.05, 4.69) is 18.3 Å². The Labute approximate surface area is 191 Å². The van der Waals surface area contributed by atoms with Gasteiger partial charge in [-0.15, -0.1) is 0 Å². The molecule has 18 heteroatoms.